The van der Waals surface area contributed by atoms with Crippen molar-refractivity contribution in [1.29, 1.82) is 0 Å². The number of para-hydroxylation sites is 2. The predicted octanol–water partition coefficient (Wildman–Crippen LogP) is 3.07. The zero-order valence-electron chi connectivity index (χ0n) is 10.6. The van der Waals surface area contributed by atoms with Crippen LogP contribution >= 0.6 is 12.2 Å². The first kappa shape index (κ1) is 12.8. The first-order valence-corrected chi connectivity index (χ1v) is 6.24. The Morgan fingerprint density at radius 3 is 2.67 bits per heavy atom. The van der Waals surface area contributed by atoms with Gasteiger partial charge < -0.3 is 14.3 Å². The second-order valence-corrected chi connectivity index (χ2v) is 4.92. The van der Waals surface area contributed by atoms with E-state index in [1.165, 1.54) is 7.11 Å². The average molecular weight is 264 g/mol. The van der Waals surface area contributed by atoms with Crippen LogP contribution in [0.3, 0.4) is 0 Å². The predicted molar refractivity (Wildman–Crippen MR) is 73.0 cm³/mol. The third kappa shape index (κ3) is 2.06. The van der Waals surface area contributed by atoms with Crippen LogP contribution < -0.4 is 0 Å². The number of nitrogens with one attached hydrogen (secondary N) is 1. The third-order valence-electron chi connectivity index (χ3n) is 2.98. The lowest BCUT2D eigenvalue weighted by molar-refractivity contribution is -0.145. The van der Waals surface area contributed by atoms with Gasteiger partial charge in [0.25, 0.3) is 0 Å². The molecule has 0 fully saturated rings. The summed E-state index contributed by atoms with van der Waals surface area (Å²) in [6, 6.07) is 7.34. The Morgan fingerprint density at radius 2 is 2.06 bits per heavy atom. The number of fused-ring (bicyclic) bond motifs is 1. The fourth-order valence-electron chi connectivity index (χ4n) is 2.15. The number of methoxy groups -OCH3 is 1. The van der Waals surface area contributed by atoms with E-state index in [1.807, 2.05) is 42.7 Å². The van der Waals surface area contributed by atoms with Gasteiger partial charge in [-0.25, -0.2) is 4.79 Å². The lowest BCUT2D eigenvalue weighted by Crippen LogP contribution is -2.25. The van der Waals surface area contributed by atoms with Crippen molar-refractivity contribution in [3.8, 4) is 0 Å². The fourth-order valence-corrected chi connectivity index (χ4v) is 2.47. The lowest BCUT2D eigenvalue weighted by atomic mass is 10.0. The SMILES string of the molecule is COC(=O)C(C(C)C)n1c(=S)[nH]c2ccccc21. The Bertz CT molecular complexity index is 627. The standard InChI is InChI=1S/C13H16N2O2S/c1-8(2)11(12(16)17-3)15-10-7-5-4-6-9(10)14-13(15)18/h4-8,11H,1-3H3,(H,14,18). The summed E-state index contributed by atoms with van der Waals surface area (Å²) < 4.78 is 7.26. The van der Waals surface area contributed by atoms with Gasteiger partial charge in [0.05, 0.1) is 18.1 Å². The van der Waals surface area contributed by atoms with Gasteiger partial charge in [-0.15, -0.1) is 0 Å². The molecule has 0 spiro atoms. The fraction of sp³-hybridized carbons (Fsp3) is 0.385. The van der Waals surface area contributed by atoms with Crippen molar-refractivity contribution in [2.24, 2.45) is 5.92 Å². The van der Waals surface area contributed by atoms with Gasteiger partial charge in [0, 0.05) is 0 Å². The van der Waals surface area contributed by atoms with Gasteiger partial charge in [-0.1, -0.05) is 26.0 Å². The molecule has 0 radical (unpaired) electrons. The number of benzene rings is 1. The number of hydrogen-bond acceptors (Lipinski definition) is 3. The second kappa shape index (κ2) is 4.94. The molecule has 1 aromatic carbocycles. The first-order valence-electron chi connectivity index (χ1n) is 5.83. The molecule has 1 aromatic heterocycles. The van der Waals surface area contributed by atoms with E-state index < -0.39 is 6.04 Å². The summed E-state index contributed by atoms with van der Waals surface area (Å²) >= 11 is 5.32. The summed E-state index contributed by atoms with van der Waals surface area (Å²) in [7, 11) is 1.40. The molecular weight excluding hydrogens is 248 g/mol. The van der Waals surface area contributed by atoms with Gasteiger partial charge >= 0.3 is 5.97 Å². The van der Waals surface area contributed by atoms with Crippen LogP contribution in [0, 0.1) is 10.7 Å². The Hall–Kier alpha value is -1.62. The highest BCUT2D eigenvalue weighted by molar-refractivity contribution is 7.71. The van der Waals surface area contributed by atoms with Crippen molar-refractivity contribution in [3.63, 3.8) is 0 Å². The zero-order valence-corrected chi connectivity index (χ0v) is 11.5. The molecule has 96 valence electrons. The molecule has 1 heterocycles. The minimum atomic E-state index is -0.404. The largest absolute Gasteiger partial charge is 0.467 e. The highest BCUT2D eigenvalue weighted by atomic mass is 32.1. The Balaban J connectivity index is 2.68. The summed E-state index contributed by atoms with van der Waals surface area (Å²) in [4.78, 5) is 15.1. The number of H-pyrrole nitrogens is 1. The molecule has 5 heteroatoms. The van der Waals surface area contributed by atoms with E-state index in [4.69, 9.17) is 17.0 Å². The lowest BCUT2D eigenvalue weighted by Gasteiger charge is -2.20. The number of imidazole rings is 1. The van der Waals surface area contributed by atoms with Crippen molar-refractivity contribution in [2.75, 3.05) is 7.11 Å². The summed E-state index contributed by atoms with van der Waals surface area (Å²) in [5, 5.41) is 0. The third-order valence-corrected chi connectivity index (χ3v) is 3.28. The summed E-state index contributed by atoms with van der Waals surface area (Å²) in [5.41, 5.74) is 1.85. The number of carbonyl (C=O) groups excluding carboxylic acids is 1. The number of carbonyl (C=O) groups is 1. The summed E-state index contributed by atoms with van der Waals surface area (Å²) in [6.07, 6.45) is 0. The molecule has 0 aliphatic heterocycles. The Morgan fingerprint density at radius 1 is 1.39 bits per heavy atom. The first-order chi connectivity index (χ1) is 8.56. The van der Waals surface area contributed by atoms with E-state index in [-0.39, 0.29) is 11.9 Å². The van der Waals surface area contributed by atoms with Gasteiger partial charge in [-0.3, -0.25) is 0 Å². The summed E-state index contributed by atoms with van der Waals surface area (Å²) in [6.45, 7) is 3.95. The molecule has 2 aromatic rings. The molecule has 1 unspecified atom stereocenters. The van der Waals surface area contributed by atoms with Gasteiger partial charge in [0.2, 0.25) is 0 Å². The molecule has 0 saturated heterocycles. The van der Waals surface area contributed by atoms with Crippen LogP contribution in [-0.4, -0.2) is 22.6 Å². The van der Waals surface area contributed by atoms with E-state index in [9.17, 15) is 4.79 Å². The van der Waals surface area contributed by atoms with Crippen LogP contribution in [-0.2, 0) is 9.53 Å². The maximum absolute atomic E-state index is 11.9. The van der Waals surface area contributed by atoms with E-state index >= 15 is 0 Å². The van der Waals surface area contributed by atoms with Gasteiger partial charge in [0.15, 0.2) is 4.77 Å². The molecular formula is C13H16N2O2S. The second-order valence-electron chi connectivity index (χ2n) is 4.53. The number of hydrogen-bond donors (Lipinski definition) is 1. The van der Waals surface area contributed by atoms with E-state index in [0.29, 0.717) is 4.77 Å². The van der Waals surface area contributed by atoms with Gasteiger partial charge in [0.1, 0.15) is 6.04 Å². The highest BCUT2D eigenvalue weighted by Gasteiger charge is 2.27. The number of esters is 1. The van der Waals surface area contributed by atoms with E-state index in [0.717, 1.165) is 11.0 Å². The molecule has 1 N–H and O–H groups in total. The number of rotatable bonds is 3. The quantitative estimate of drug-likeness (QED) is 0.684. The monoisotopic (exact) mass is 264 g/mol. The molecule has 0 amide bonds. The smallest absolute Gasteiger partial charge is 0.329 e. The maximum Gasteiger partial charge on any atom is 0.329 e. The molecule has 4 nitrogen and oxygen atoms in total. The highest BCUT2D eigenvalue weighted by Crippen LogP contribution is 2.25. The van der Waals surface area contributed by atoms with Crippen molar-refractivity contribution in [2.45, 2.75) is 19.9 Å². The van der Waals surface area contributed by atoms with Crippen molar-refractivity contribution < 1.29 is 9.53 Å². The van der Waals surface area contributed by atoms with E-state index in [1.54, 1.807) is 0 Å². The van der Waals surface area contributed by atoms with Gasteiger partial charge in [-0.2, -0.15) is 0 Å². The number of ether oxygens (including phenoxy) is 1. The number of aromatic nitrogens is 2. The number of nitrogens with zero attached hydrogens (tertiary/aromatic N) is 1. The molecule has 1 atom stereocenters. The van der Waals surface area contributed by atoms with Crippen molar-refractivity contribution >= 4 is 29.2 Å². The van der Waals surface area contributed by atoms with Crippen LogP contribution in [0.15, 0.2) is 24.3 Å². The Kier molecular flexibility index (Phi) is 3.52. The van der Waals surface area contributed by atoms with Crippen LogP contribution in [0.2, 0.25) is 0 Å². The minimum absolute atomic E-state index is 0.100. The van der Waals surface area contributed by atoms with Crippen molar-refractivity contribution in [3.05, 3.63) is 29.0 Å². The van der Waals surface area contributed by atoms with Gasteiger partial charge in [-0.05, 0) is 30.3 Å². The minimum Gasteiger partial charge on any atom is -0.467 e. The average Bonchev–Trinajstić information content (AvgIpc) is 2.66. The zero-order chi connectivity index (χ0) is 13.3. The normalized spacial score (nSPS) is 12.9. The van der Waals surface area contributed by atoms with E-state index in [2.05, 4.69) is 4.98 Å². The molecule has 0 bridgehead atoms. The maximum atomic E-state index is 11.9. The van der Waals surface area contributed by atoms with Crippen LogP contribution in [0.1, 0.15) is 19.9 Å². The molecule has 0 aliphatic rings. The molecule has 0 aliphatic carbocycles. The molecule has 2 rings (SSSR count). The van der Waals surface area contributed by atoms with Crippen LogP contribution in [0.5, 0.6) is 0 Å². The van der Waals surface area contributed by atoms with Crippen LogP contribution in [0.4, 0.5) is 0 Å². The summed E-state index contributed by atoms with van der Waals surface area (Å²) in [5.74, 6) is -0.172. The topological polar surface area (TPSA) is 47.0 Å². The Labute approximate surface area is 111 Å². The van der Waals surface area contributed by atoms with Crippen LogP contribution in [0.25, 0.3) is 11.0 Å². The molecule has 0 saturated carbocycles. The molecule has 18 heavy (non-hydrogen) atoms. The number of aromatic amines is 1. The van der Waals surface area contributed by atoms with Crippen molar-refractivity contribution in [1.82, 2.24) is 9.55 Å².